The summed E-state index contributed by atoms with van der Waals surface area (Å²) in [4.78, 5) is 74.4. The molecule has 2 atom stereocenters. The Bertz CT molecular complexity index is 1250. The van der Waals surface area contributed by atoms with Crippen LogP contribution in [0.1, 0.15) is 36.0 Å². The molecule has 2 aliphatic rings. The molecular weight excluding hydrogens is 510 g/mol. The second-order valence-corrected chi connectivity index (χ2v) is 8.93. The molecule has 39 heavy (non-hydrogen) atoms. The van der Waals surface area contributed by atoms with Crippen molar-refractivity contribution < 1.29 is 38.6 Å². The number of hydrogen-bond donors (Lipinski definition) is 3. The number of amides is 5. The maximum Gasteiger partial charge on any atom is 0.358 e. The number of benzene rings is 2. The van der Waals surface area contributed by atoms with Crippen LogP contribution in [0.2, 0.25) is 0 Å². The molecule has 4 rings (SSSR count). The molecule has 204 valence electrons. The Balaban J connectivity index is 1.47. The fourth-order valence-corrected chi connectivity index (χ4v) is 4.30. The van der Waals surface area contributed by atoms with E-state index in [0.29, 0.717) is 24.2 Å². The minimum Gasteiger partial charge on any atom is -0.481 e. The number of nitrogens with zero attached hydrogens (tertiary/aromatic N) is 3. The quantitative estimate of drug-likeness (QED) is 0.403. The Labute approximate surface area is 223 Å². The van der Waals surface area contributed by atoms with Crippen LogP contribution in [0.5, 0.6) is 11.5 Å². The first-order valence-corrected chi connectivity index (χ1v) is 12.3. The fraction of sp³-hybridized carbons (Fsp3) is 0.308. The number of fused-ring (bicyclic) bond motifs is 1. The highest BCUT2D eigenvalue weighted by Gasteiger charge is 2.44. The van der Waals surface area contributed by atoms with E-state index in [0.717, 1.165) is 15.0 Å². The van der Waals surface area contributed by atoms with Gasteiger partial charge in [0.05, 0.1) is 19.0 Å². The molecule has 13 heteroatoms. The number of carboxylic acids is 1. The lowest BCUT2D eigenvalue weighted by molar-refractivity contribution is -0.155. The van der Waals surface area contributed by atoms with E-state index in [1.807, 2.05) is 18.2 Å². The van der Waals surface area contributed by atoms with E-state index < -0.39 is 48.2 Å². The number of carbonyl (C=O) groups excluding carboxylic acids is 5. The van der Waals surface area contributed by atoms with E-state index in [1.54, 1.807) is 24.3 Å². The van der Waals surface area contributed by atoms with Gasteiger partial charge in [0.2, 0.25) is 11.8 Å². The zero-order valence-corrected chi connectivity index (χ0v) is 20.8. The van der Waals surface area contributed by atoms with Crippen LogP contribution in [0.3, 0.4) is 0 Å². The summed E-state index contributed by atoms with van der Waals surface area (Å²) in [6, 6.07) is 12.0. The topological polar surface area (TPSA) is 166 Å². The van der Waals surface area contributed by atoms with Crippen molar-refractivity contribution in [3.63, 3.8) is 0 Å². The van der Waals surface area contributed by atoms with Crippen molar-refractivity contribution in [1.29, 1.82) is 0 Å². The van der Waals surface area contributed by atoms with Crippen LogP contribution in [0, 0.1) is 0 Å². The predicted molar refractivity (Wildman–Crippen MR) is 134 cm³/mol. The summed E-state index contributed by atoms with van der Waals surface area (Å²) in [5.41, 5.74) is 2.73. The Hall–Kier alpha value is -4.94. The van der Waals surface area contributed by atoms with Crippen LogP contribution in [0.4, 0.5) is 4.79 Å². The lowest BCUT2D eigenvalue weighted by atomic mass is 10.1. The molecule has 0 radical (unpaired) electrons. The molecule has 0 spiro atoms. The Kier molecular flexibility index (Phi) is 8.39. The molecule has 5 amide bonds. The summed E-state index contributed by atoms with van der Waals surface area (Å²) >= 11 is 0. The number of para-hydroxylation sites is 1. The number of rotatable bonds is 9. The minimum atomic E-state index is -1.30. The molecule has 0 unspecified atom stereocenters. The molecule has 2 aromatic carbocycles. The van der Waals surface area contributed by atoms with Crippen molar-refractivity contribution in [3.05, 3.63) is 60.2 Å². The van der Waals surface area contributed by atoms with Crippen LogP contribution in [0.15, 0.2) is 54.6 Å². The first-order valence-electron chi connectivity index (χ1n) is 12.3. The lowest BCUT2D eigenvalue weighted by Crippen LogP contribution is -2.64. The highest BCUT2D eigenvalue weighted by Crippen LogP contribution is 2.24. The van der Waals surface area contributed by atoms with Crippen LogP contribution in [-0.2, 0) is 19.2 Å². The standard InChI is InChI=1S/C26H27N5O8/c32-16-18(15-23(34)35)27-25(37)21-7-4-13-30-22(33)12-14-29(26(38)31(21)30)28-24(36)17-8-10-20(11-9-17)39-19-5-2-1-3-6-19/h1-3,5-6,8-11,16,18,21H,4,7,12-15H2,(H,27,37)(H,28,36)(H,34,35)/t18-,21-/m0/s1. The number of ether oxygens (including phenoxy) is 1. The number of hydrazine groups is 2. The molecule has 3 N–H and O–H groups in total. The molecule has 0 aliphatic carbocycles. The summed E-state index contributed by atoms with van der Waals surface area (Å²) in [5, 5.41) is 14.4. The molecule has 0 bridgehead atoms. The summed E-state index contributed by atoms with van der Waals surface area (Å²) in [5.74, 6) is -1.97. The van der Waals surface area contributed by atoms with Gasteiger partial charge in [0.1, 0.15) is 23.8 Å². The predicted octanol–water partition coefficient (Wildman–Crippen LogP) is 1.32. The smallest absolute Gasteiger partial charge is 0.358 e. The second kappa shape index (κ2) is 12.1. The average molecular weight is 538 g/mol. The summed E-state index contributed by atoms with van der Waals surface area (Å²) < 4.78 is 5.72. The molecule has 0 saturated carbocycles. The third-order valence-electron chi connectivity index (χ3n) is 6.19. The third-order valence-corrected chi connectivity index (χ3v) is 6.19. The number of urea groups is 1. The Morgan fingerprint density at radius 1 is 1.03 bits per heavy atom. The number of hydrogen-bond acceptors (Lipinski definition) is 7. The molecule has 2 saturated heterocycles. The maximum atomic E-state index is 13.5. The summed E-state index contributed by atoms with van der Waals surface area (Å²) in [6.07, 6.45) is 0.143. The number of aliphatic carboxylic acids is 1. The summed E-state index contributed by atoms with van der Waals surface area (Å²) in [6.45, 7) is 0.0567. The van der Waals surface area contributed by atoms with Gasteiger partial charge in [-0.05, 0) is 49.2 Å². The van der Waals surface area contributed by atoms with Gasteiger partial charge in [-0.25, -0.2) is 19.8 Å². The van der Waals surface area contributed by atoms with Gasteiger partial charge in [0, 0.05) is 18.5 Å². The molecule has 2 aromatic rings. The average Bonchev–Trinajstić information content (AvgIpc) is 3.05. The van der Waals surface area contributed by atoms with Gasteiger partial charge in [-0.1, -0.05) is 18.2 Å². The number of nitrogens with one attached hydrogen (secondary N) is 2. The van der Waals surface area contributed by atoms with Crippen molar-refractivity contribution in [2.45, 2.75) is 37.8 Å². The van der Waals surface area contributed by atoms with E-state index in [4.69, 9.17) is 9.84 Å². The first kappa shape index (κ1) is 27.1. The van der Waals surface area contributed by atoms with Crippen LogP contribution in [-0.4, -0.2) is 81.3 Å². The van der Waals surface area contributed by atoms with E-state index >= 15 is 0 Å². The van der Waals surface area contributed by atoms with Crippen molar-refractivity contribution in [3.8, 4) is 11.5 Å². The number of aldehydes is 1. The highest BCUT2D eigenvalue weighted by molar-refractivity contribution is 5.97. The number of carbonyl (C=O) groups is 6. The SMILES string of the molecule is O=C[C@H](CC(=O)O)NC(=O)[C@@H]1CCCN2C(=O)CCN(NC(=O)c3ccc(Oc4ccccc4)cc3)C(=O)N12. The van der Waals surface area contributed by atoms with Crippen LogP contribution < -0.4 is 15.5 Å². The molecule has 2 aliphatic heterocycles. The van der Waals surface area contributed by atoms with Crippen LogP contribution in [0.25, 0.3) is 0 Å². The largest absolute Gasteiger partial charge is 0.481 e. The van der Waals surface area contributed by atoms with E-state index in [9.17, 15) is 28.8 Å². The van der Waals surface area contributed by atoms with Gasteiger partial charge in [-0.15, -0.1) is 0 Å². The van der Waals surface area contributed by atoms with Crippen molar-refractivity contribution in [1.82, 2.24) is 25.8 Å². The summed E-state index contributed by atoms with van der Waals surface area (Å²) in [7, 11) is 0. The lowest BCUT2D eigenvalue weighted by Gasteiger charge is -2.42. The molecule has 2 heterocycles. The zero-order valence-electron chi connectivity index (χ0n) is 20.8. The molecular formula is C26H27N5O8. The minimum absolute atomic E-state index is 0.101. The molecule has 0 aromatic heterocycles. The third kappa shape index (κ3) is 6.50. The molecule has 13 nitrogen and oxygen atoms in total. The van der Waals surface area contributed by atoms with Crippen molar-refractivity contribution >= 4 is 36.0 Å². The molecule has 2 fully saturated rings. The van der Waals surface area contributed by atoms with Gasteiger partial charge in [-0.3, -0.25) is 24.6 Å². The van der Waals surface area contributed by atoms with Crippen LogP contribution >= 0.6 is 0 Å². The van der Waals surface area contributed by atoms with E-state index in [1.165, 1.54) is 12.1 Å². The second-order valence-electron chi connectivity index (χ2n) is 8.93. The van der Waals surface area contributed by atoms with Crippen molar-refractivity contribution in [2.24, 2.45) is 0 Å². The highest BCUT2D eigenvalue weighted by atomic mass is 16.5. The normalized spacial score (nSPS) is 17.9. The fourth-order valence-electron chi connectivity index (χ4n) is 4.30. The van der Waals surface area contributed by atoms with Gasteiger partial charge >= 0.3 is 12.0 Å². The van der Waals surface area contributed by atoms with E-state index in [2.05, 4.69) is 10.7 Å². The number of carboxylic acid groups (broad SMARTS) is 1. The van der Waals surface area contributed by atoms with Gasteiger partial charge in [-0.2, -0.15) is 0 Å². The Morgan fingerprint density at radius 2 is 1.72 bits per heavy atom. The first-order chi connectivity index (χ1) is 18.8. The zero-order chi connectivity index (χ0) is 27.9. The monoisotopic (exact) mass is 537 g/mol. The Morgan fingerprint density at radius 3 is 2.38 bits per heavy atom. The van der Waals surface area contributed by atoms with Crippen molar-refractivity contribution in [2.75, 3.05) is 13.1 Å². The maximum absolute atomic E-state index is 13.5. The van der Waals surface area contributed by atoms with Gasteiger partial charge in [0.15, 0.2) is 0 Å². The van der Waals surface area contributed by atoms with Gasteiger partial charge < -0.3 is 20.0 Å². The van der Waals surface area contributed by atoms with Gasteiger partial charge in [0.25, 0.3) is 5.91 Å². The van der Waals surface area contributed by atoms with E-state index in [-0.39, 0.29) is 31.5 Å².